The summed E-state index contributed by atoms with van der Waals surface area (Å²) in [5.41, 5.74) is 2.70. The molecule has 0 aliphatic carbocycles. The Hall–Kier alpha value is -0.220. The summed E-state index contributed by atoms with van der Waals surface area (Å²) in [7, 11) is 0. The van der Waals surface area contributed by atoms with Crippen molar-refractivity contribution in [3.63, 3.8) is 0 Å². The van der Waals surface area contributed by atoms with Gasteiger partial charge in [0.05, 0.1) is 10.7 Å². The maximum atomic E-state index is 5.68. The number of pyridine rings is 1. The van der Waals surface area contributed by atoms with Gasteiger partial charge in [-0.15, -0.1) is 0 Å². The van der Waals surface area contributed by atoms with Gasteiger partial charge < -0.3 is 5.43 Å². The number of hydrogen-bond donors (Lipinski definition) is 2. The molecule has 0 aliphatic heterocycles. The molecule has 11 heavy (non-hydrogen) atoms. The number of nitrogens with one attached hydrogen (secondary N) is 1. The molecule has 0 spiro atoms. The molecule has 6 heteroatoms. The van der Waals surface area contributed by atoms with Crippen molar-refractivity contribution in [2.24, 2.45) is 5.84 Å². The molecule has 0 radical (unpaired) electrons. The molecule has 0 saturated heterocycles. The first-order valence-electron chi connectivity index (χ1n) is 2.63. The van der Waals surface area contributed by atoms with E-state index in [1.54, 1.807) is 0 Å². The summed E-state index contributed by atoms with van der Waals surface area (Å²) in [5.74, 6) is 5.12. The van der Waals surface area contributed by atoms with Gasteiger partial charge in [0.1, 0.15) is 10.2 Å². The van der Waals surface area contributed by atoms with E-state index in [4.69, 9.17) is 40.6 Å². The zero-order valence-electron chi connectivity index (χ0n) is 5.24. The number of halogens is 3. The lowest BCUT2D eigenvalue weighted by Crippen LogP contribution is -2.08. The van der Waals surface area contributed by atoms with E-state index >= 15 is 0 Å². The average molecular weight is 212 g/mol. The van der Waals surface area contributed by atoms with E-state index in [9.17, 15) is 0 Å². The summed E-state index contributed by atoms with van der Waals surface area (Å²) in [4.78, 5) is 3.69. The molecular weight excluding hydrogens is 208 g/mol. The van der Waals surface area contributed by atoms with Gasteiger partial charge in [-0.25, -0.2) is 4.98 Å². The van der Waals surface area contributed by atoms with Gasteiger partial charge in [-0.05, 0) is 0 Å². The van der Waals surface area contributed by atoms with E-state index in [1.165, 1.54) is 6.20 Å². The molecule has 1 aromatic heterocycles. The molecule has 0 unspecified atom stereocenters. The van der Waals surface area contributed by atoms with E-state index in [-0.39, 0.29) is 10.2 Å². The Morgan fingerprint density at radius 2 is 2.00 bits per heavy atom. The van der Waals surface area contributed by atoms with Crippen LogP contribution in [0.1, 0.15) is 0 Å². The number of nitrogens with zero attached hydrogens (tertiary/aromatic N) is 1. The molecule has 0 fully saturated rings. The number of anilines is 1. The molecule has 1 rings (SSSR count). The van der Waals surface area contributed by atoms with Crippen LogP contribution in [-0.4, -0.2) is 4.98 Å². The lowest BCUT2D eigenvalue weighted by Gasteiger charge is -2.04. The van der Waals surface area contributed by atoms with Crippen LogP contribution in [-0.2, 0) is 0 Å². The highest BCUT2D eigenvalue weighted by atomic mass is 35.5. The van der Waals surface area contributed by atoms with Crippen molar-refractivity contribution in [1.29, 1.82) is 0 Å². The van der Waals surface area contributed by atoms with E-state index in [2.05, 4.69) is 10.4 Å². The van der Waals surface area contributed by atoms with Gasteiger partial charge in [0.25, 0.3) is 0 Å². The fourth-order valence-corrected chi connectivity index (χ4v) is 1.17. The van der Waals surface area contributed by atoms with Gasteiger partial charge in [0.15, 0.2) is 0 Å². The summed E-state index contributed by atoms with van der Waals surface area (Å²) in [6.07, 6.45) is 1.37. The van der Waals surface area contributed by atoms with Gasteiger partial charge in [-0.2, -0.15) is 0 Å². The highest BCUT2D eigenvalue weighted by Crippen LogP contribution is 2.32. The maximum Gasteiger partial charge on any atom is 0.149 e. The minimum Gasteiger partial charge on any atom is -0.321 e. The molecule has 0 atom stereocenters. The average Bonchev–Trinajstić information content (AvgIpc) is 1.99. The largest absolute Gasteiger partial charge is 0.321 e. The summed E-state index contributed by atoms with van der Waals surface area (Å²) in [6, 6.07) is 0. The van der Waals surface area contributed by atoms with Crippen molar-refractivity contribution in [3.05, 3.63) is 21.4 Å². The maximum absolute atomic E-state index is 5.68. The molecule has 1 aromatic rings. The highest BCUT2D eigenvalue weighted by molar-refractivity contribution is 6.45. The Labute approximate surface area is 78.4 Å². The standard InChI is InChI=1S/C5H4Cl3N3/c6-2-1-10-5(8)3(7)4(2)11-9/h1H,9H2,(H,10,11). The Kier molecular flexibility index (Phi) is 2.78. The third kappa shape index (κ3) is 1.68. The number of nitrogen functional groups attached to an aromatic ring is 1. The molecule has 3 N–H and O–H groups in total. The topological polar surface area (TPSA) is 50.9 Å². The smallest absolute Gasteiger partial charge is 0.149 e. The van der Waals surface area contributed by atoms with Crippen LogP contribution < -0.4 is 11.3 Å². The normalized spacial score (nSPS) is 9.82. The Morgan fingerprint density at radius 1 is 1.36 bits per heavy atom. The van der Waals surface area contributed by atoms with E-state index in [0.717, 1.165) is 0 Å². The van der Waals surface area contributed by atoms with Gasteiger partial charge in [-0.1, -0.05) is 34.8 Å². The quantitative estimate of drug-likeness (QED) is 0.427. The molecule has 3 nitrogen and oxygen atoms in total. The van der Waals surface area contributed by atoms with Crippen molar-refractivity contribution in [1.82, 2.24) is 4.98 Å². The summed E-state index contributed by atoms with van der Waals surface area (Å²) < 4.78 is 0. The predicted octanol–water partition coefficient (Wildman–Crippen LogP) is 2.33. The van der Waals surface area contributed by atoms with Gasteiger partial charge in [-0.3, -0.25) is 5.84 Å². The lowest BCUT2D eigenvalue weighted by atomic mass is 10.4. The SMILES string of the molecule is NNc1c(Cl)cnc(Cl)c1Cl. The fourth-order valence-electron chi connectivity index (χ4n) is 0.575. The predicted molar refractivity (Wildman–Crippen MR) is 47.1 cm³/mol. The number of rotatable bonds is 1. The van der Waals surface area contributed by atoms with Crippen LogP contribution in [0.2, 0.25) is 15.2 Å². The van der Waals surface area contributed by atoms with E-state index in [0.29, 0.717) is 10.7 Å². The minimum atomic E-state index is 0.170. The Bertz CT molecular complexity index is 276. The first-order valence-corrected chi connectivity index (χ1v) is 3.76. The van der Waals surface area contributed by atoms with Crippen molar-refractivity contribution in [2.75, 3.05) is 5.43 Å². The molecule has 0 amide bonds. The summed E-state index contributed by atoms with van der Waals surface area (Å²) in [6.45, 7) is 0. The van der Waals surface area contributed by atoms with E-state index < -0.39 is 0 Å². The zero-order valence-corrected chi connectivity index (χ0v) is 7.50. The second-order valence-corrected chi connectivity index (χ2v) is 2.87. The summed E-state index contributed by atoms with van der Waals surface area (Å²) in [5, 5.41) is 0.729. The molecular formula is C5H4Cl3N3. The van der Waals surface area contributed by atoms with Crippen LogP contribution in [0.5, 0.6) is 0 Å². The van der Waals surface area contributed by atoms with Crippen molar-refractivity contribution < 1.29 is 0 Å². The van der Waals surface area contributed by atoms with Crippen molar-refractivity contribution in [3.8, 4) is 0 Å². The Balaban J connectivity index is 3.29. The van der Waals surface area contributed by atoms with Gasteiger partial charge >= 0.3 is 0 Å². The third-order valence-electron chi connectivity index (χ3n) is 1.08. The first kappa shape index (κ1) is 8.87. The van der Waals surface area contributed by atoms with Crippen LogP contribution in [0, 0.1) is 0 Å². The van der Waals surface area contributed by atoms with Crippen molar-refractivity contribution in [2.45, 2.75) is 0 Å². The number of nitrogens with two attached hydrogens (primary N) is 1. The molecule has 0 aromatic carbocycles. The van der Waals surface area contributed by atoms with Crippen molar-refractivity contribution >= 4 is 40.5 Å². The third-order valence-corrected chi connectivity index (χ3v) is 2.11. The van der Waals surface area contributed by atoms with Gasteiger partial charge in [0.2, 0.25) is 0 Å². The number of aromatic nitrogens is 1. The molecule has 1 heterocycles. The summed E-state index contributed by atoms with van der Waals surface area (Å²) >= 11 is 16.9. The number of hydrogen-bond acceptors (Lipinski definition) is 3. The minimum absolute atomic E-state index is 0.170. The molecule has 0 bridgehead atoms. The second kappa shape index (κ2) is 3.45. The highest BCUT2D eigenvalue weighted by Gasteiger charge is 2.08. The number of hydrazine groups is 1. The molecule has 60 valence electrons. The second-order valence-electron chi connectivity index (χ2n) is 1.73. The van der Waals surface area contributed by atoms with Crippen LogP contribution >= 0.6 is 34.8 Å². The Morgan fingerprint density at radius 3 is 2.45 bits per heavy atom. The van der Waals surface area contributed by atoms with Crippen LogP contribution in [0.15, 0.2) is 6.20 Å². The van der Waals surface area contributed by atoms with Gasteiger partial charge in [0, 0.05) is 6.20 Å². The van der Waals surface area contributed by atoms with E-state index in [1.807, 2.05) is 0 Å². The first-order chi connectivity index (χ1) is 5.16. The zero-order chi connectivity index (χ0) is 8.43. The van der Waals surface area contributed by atoms with Crippen LogP contribution in [0.3, 0.4) is 0 Å². The molecule has 0 aliphatic rings. The fraction of sp³-hybridized carbons (Fsp3) is 0. The van der Waals surface area contributed by atoms with Crippen LogP contribution in [0.25, 0.3) is 0 Å². The van der Waals surface area contributed by atoms with Crippen LogP contribution in [0.4, 0.5) is 5.69 Å². The lowest BCUT2D eigenvalue weighted by molar-refractivity contribution is 1.28. The molecule has 0 saturated carbocycles. The monoisotopic (exact) mass is 211 g/mol.